The number of benzene rings is 6. The van der Waals surface area contributed by atoms with Gasteiger partial charge in [-0.15, -0.1) is 0 Å². The summed E-state index contributed by atoms with van der Waals surface area (Å²) in [5, 5.41) is 14.0. The van der Waals surface area contributed by atoms with E-state index < -0.39 is 46.1 Å². The zero-order valence-corrected chi connectivity index (χ0v) is 39.9. The number of para-hydroxylation sites is 1. The lowest BCUT2D eigenvalue weighted by molar-refractivity contribution is -0.321. The van der Waals surface area contributed by atoms with Crippen molar-refractivity contribution in [2.45, 2.75) is 93.4 Å². The fourth-order valence-corrected chi connectivity index (χ4v) is 11.2. The third-order valence-corrected chi connectivity index (χ3v) is 14.9. The Morgan fingerprint density at radius 1 is 0.557 bits per heavy atom. The molecule has 7 aromatic rings. The third-order valence-electron chi connectivity index (χ3n) is 13.2. The minimum absolute atomic E-state index is 0.0912. The predicted molar refractivity (Wildman–Crippen MR) is 265 cm³/mol. The van der Waals surface area contributed by atoms with Crippen LogP contribution in [0.1, 0.15) is 75.6 Å². The van der Waals surface area contributed by atoms with Crippen LogP contribution in [0.15, 0.2) is 181 Å². The Morgan fingerprint density at radius 2 is 1.06 bits per heavy atom. The molecule has 1 saturated carbocycles. The van der Waals surface area contributed by atoms with E-state index in [1.54, 1.807) is 72.9 Å². The highest BCUT2D eigenvalue weighted by Gasteiger charge is 2.64. The van der Waals surface area contributed by atoms with Crippen LogP contribution in [0.2, 0.25) is 0 Å². The van der Waals surface area contributed by atoms with E-state index in [1.807, 2.05) is 110 Å². The first-order valence-corrected chi connectivity index (χ1v) is 25.4. The van der Waals surface area contributed by atoms with E-state index in [1.165, 1.54) is 8.87 Å². The number of carbonyl (C=O) groups excluding carboxylic acids is 2. The topological polar surface area (TPSA) is 143 Å². The lowest BCUT2D eigenvalue weighted by Crippen LogP contribution is -2.71. The minimum Gasteiger partial charge on any atom is -0.387 e. The van der Waals surface area contributed by atoms with Crippen LogP contribution in [0.4, 0.5) is 0 Å². The Labute approximate surface area is 409 Å². The first kappa shape index (κ1) is 48.7. The average molecular weight is 963 g/mol. The maximum absolute atomic E-state index is 14.7. The Hall–Kier alpha value is -6.29. The Morgan fingerprint density at radius 3 is 1.64 bits per heavy atom. The van der Waals surface area contributed by atoms with Gasteiger partial charge in [0.1, 0.15) is 30.5 Å². The maximum atomic E-state index is 14.7. The van der Waals surface area contributed by atoms with Crippen molar-refractivity contribution < 1.29 is 46.8 Å². The molecule has 362 valence electrons. The second-order valence-electron chi connectivity index (χ2n) is 17.6. The van der Waals surface area contributed by atoms with Crippen LogP contribution in [0, 0.1) is 0 Å². The number of carbonyl (C=O) groups is 2. The fraction of sp³-hybridized carbons (Fsp3) is 0.298. The molecule has 1 N–H and O–H groups in total. The van der Waals surface area contributed by atoms with Gasteiger partial charge < -0.3 is 28.8 Å². The van der Waals surface area contributed by atoms with Gasteiger partial charge in [-0.1, -0.05) is 152 Å². The van der Waals surface area contributed by atoms with Gasteiger partial charge in [0.15, 0.2) is 5.60 Å². The van der Waals surface area contributed by atoms with Gasteiger partial charge in [-0.2, -0.15) is 0 Å². The van der Waals surface area contributed by atoms with Gasteiger partial charge >= 0.3 is 0 Å². The number of hydrogen-bond acceptors (Lipinski definition) is 10. The number of unbranched alkanes of at least 4 members (excludes halogenated alkanes) is 3. The number of ether oxygens (including phenoxy) is 5. The molecule has 2 amide bonds. The summed E-state index contributed by atoms with van der Waals surface area (Å²) in [7, 11) is -4.18. The fourth-order valence-electron chi connectivity index (χ4n) is 9.82. The zero-order chi connectivity index (χ0) is 48.5. The highest BCUT2D eigenvalue weighted by Crippen LogP contribution is 2.49. The zero-order valence-electron chi connectivity index (χ0n) is 39.1. The Bertz CT molecular complexity index is 2920. The average Bonchev–Trinajstić information content (AvgIpc) is 3.91. The van der Waals surface area contributed by atoms with Crippen LogP contribution < -0.4 is 0 Å². The molecule has 0 radical (unpaired) electrons. The van der Waals surface area contributed by atoms with E-state index >= 15 is 0 Å². The van der Waals surface area contributed by atoms with Gasteiger partial charge in [0.2, 0.25) is 0 Å². The molecule has 2 aliphatic rings. The van der Waals surface area contributed by atoms with Crippen molar-refractivity contribution in [1.29, 1.82) is 0 Å². The number of hydrogen-bond donors (Lipinski definition) is 1. The first-order chi connectivity index (χ1) is 34.2. The van der Waals surface area contributed by atoms with Crippen LogP contribution in [-0.4, -0.2) is 84.5 Å². The number of nitrogens with zero attached hydrogens (tertiary/aromatic N) is 2. The molecule has 9 rings (SSSR count). The number of aromatic nitrogens is 1. The number of rotatable bonds is 22. The first-order valence-electron chi connectivity index (χ1n) is 24.0. The summed E-state index contributed by atoms with van der Waals surface area (Å²) in [6, 6.07) is 51.5. The minimum atomic E-state index is -4.18. The summed E-state index contributed by atoms with van der Waals surface area (Å²) in [6.07, 6.45) is -1.48. The van der Waals surface area contributed by atoms with E-state index in [-0.39, 0.29) is 49.7 Å². The van der Waals surface area contributed by atoms with Crippen molar-refractivity contribution >= 4 is 32.7 Å². The summed E-state index contributed by atoms with van der Waals surface area (Å²) in [6.45, 7) is 2.82. The molecule has 1 fully saturated rings. The molecule has 1 aromatic heterocycles. The van der Waals surface area contributed by atoms with E-state index in [0.29, 0.717) is 59.8 Å². The normalized spacial score (nSPS) is 21.3. The van der Waals surface area contributed by atoms with Gasteiger partial charge in [0.05, 0.1) is 41.4 Å². The molecular weight excluding hydrogens is 905 g/mol. The molecule has 12 nitrogen and oxygen atoms in total. The molecule has 6 aromatic carbocycles. The maximum Gasteiger partial charge on any atom is 0.268 e. The molecule has 6 unspecified atom stereocenters. The summed E-state index contributed by atoms with van der Waals surface area (Å²) >= 11 is 0. The highest BCUT2D eigenvalue weighted by molar-refractivity contribution is 7.90. The number of amides is 2. The molecular formula is C57H58N2O10S. The number of aliphatic hydroxyl groups is 1. The van der Waals surface area contributed by atoms with Gasteiger partial charge in [-0.25, -0.2) is 12.4 Å². The van der Waals surface area contributed by atoms with Crippen LogP contribution in [-0.2, 0) is 59.1 Å². The number of aliphatic hydroxyl groups excluding tert-OH is 1. The van der Waals surface area contributed by atoms with Crippen molar-refractivity contribution in [2.24, 2.45) is 0 Å². The molecule has 2 heterocycles. The quantitative estimate of drug-likeness (QED) is 0.0516. The molecule has 13 heteroatoms. The van der Waals surface area contributed by atoms with Gasteiger partial charge in [0, 0.05) is 36.9 Å². The lowest BCUT2D eigenvalue weighted by atomic mass is 9.70. The lowest BCUT2D eigenvalue weighted by Gasteiger charge is -2.55. The molecule has 1 aliphatic carbocycles. The second-order valence-corrected chi connectivity index (χ2v) is 19.5. The van der Waals surface area contributed by atoms with Gasteiger partial charge in [0.25, 0.3) is 21.8 Å². The van der Waals surface area contributed by atoms with Crippen molar-refractivity contribution in [3.63, 3.8) is 0 Å². The Kier molecular flexibility index (Phi) is 15.5. The molecule has 0 spiro atoms. The number of imide groups is 1. The summed E-state index contributed by atoms with van der Waals surface area (Å²) in [4.78, 5) is 27.5. The SMILES string of the molecule is CCOC1(c2cn(S(=O)(=O)c3ccccc3)c3ccccc23)C(O)C(OCCCCCCN2C(=O)c3ccccc3C2=O)C(OCc2ccccc2)C(OCc2ccccc2)C1OCc1ccccc1. The van der Waals surface area contributed by atoms with Gasteiger partial charge in [-0.05, 0) is 66.8 Å². The molecule has 0 bridgehead atoms. The molecule has 1 aliphatic heterocycles. The smallest absolute Gasteiger partial charge is 0.268 e. The standard InChI is InChI=1S/C57H58N2O10S/c1-2-69-57(48-37-59(49-34-20-19-33-47(48)49)70(63,64)44-29-15-8-16-30-44)53(60)51(65-36-22-4-3-21-35-58-55(61)45-31-17-18-32-46(45)56(58)62)50(66-38-41-23-9-5-10-24-41)52(67-39-42-25-11-6-12-26-42)54(57)68-40-43-27-13-7-14-28-43/h5-20,23-34,37,50-54,60H,2-4,21-22,35-36,38-40H2,1H3. The van der Waals surface area contributed by atoms with Crippen molar-refractivity contribution in [2.75, 3.05) is 19.8 Å². The van der Waals surface area contributed by atoms with Crippen LogP contribution in [0.3, 0.4) is 0 Å². The molecule has 70 heavy (non-hydrogen) atoms. The van der Waals surface area contributed by atoms with Crippen LogP contribution in [0.25, 0.3) is 10.9 Å². The van der Waals surface area contributed by atoms with Gasteiger partial charge in [-0.3, -0.25) is 14.5 Å². The van der Waals surface area contributed by atoms with Crippen molar-refractivity contribution in [3.8, 4) is 0 Å². The second kappa shape index (κ2) is 22.2. The van der Waals surface area contributed by atoms with Crippen LogP contribution in [0.5, 0.6) is 0 Å². The van der Waals surface area contributed by atoms with Crippen molar-refractivity contribution in [3.05, 3.63) is 209 Å². The third kappa shape index (κ3) is 10.0. The molecule has 6 atom stereocenters. The van der Waals surface area contributed by atoms with E-state index in [4.69, 9.17) is 23.7 Å². The summed E-state index contributed by atoms with van der Waals surface area (Å²) < 4.78 is 65.6. The van der Waals surface area contributed by atoms with E-state index in [2.05, 4.69) is 0 Å². The van der Waals surface area contributed by atoms with Crippen LogP contribution >= 0.6 is 0 Å². The largest absolute Gasteiger partial charge is 0.387 e. The number of fused-ring (bicyclic) bond motifs is 2. The van der Waals surface area contributed by atoms with E-state index in [9.17, 15) is 23.1 Å². The Balaban J connectivity index is 1.10. The van der Waals surface area contributed by atoms with Crippen molar-refractivity contribution in [1.82, 2.24) is 8.87 Å². The predicted octanol–water partition coefficient (Wildman–Crippen LogP) is 9.48. The highest BCUT2D eigenvalue weighted by atomic mass is 32.2. The summed E-state index contributed by atoms with van der Waals surface area (Å²) in [5.74, 6) is -0.546. The molecule has 0 saturated heterocycles. The monoisotopic (exact) mass is 962 g/mol. The summed E-state index contributed by atoms with van der Waals surface area (Å²) in [5.41, 5.74) is 2.47. The van der Waals surface area contributed by atoms with E-state index in [0.717, 1.165) is 16.7 Å².